The van der Waals surface area contributed by atoms with Crippen molar-refractivity contribution in [1.82, 2.24) is 4.98 Å². The monoisotopic (exact) mass is 230 g/mol. The maximum Gasteiger partial charge on any atom is 0.264 e. The van der Waals surface area contributed by atoms with Gasteiger partial charge in [-0.2, -0.15) is 0 Å². The van der Waals surface area contributed by atoms with Crippen molar-refractivity contribution in [3.05, 3.63) is 54.2 Å². The quantitative estimate of drug-likeness (QED) is 0.795. The summed E-state index contributed by atoms with van der Waals surface area (Å²) >= 11 is 0. The Morgan fingerprint density at radius 2 is 2.12 bits per heavy atom. The largest absolute Gasteiger partial charge is 0.442 e. The summed E-state index contributed by atoms with van der Waals surface area (Å²) in [5.41, 5.74) is 6.98. The molecule has 0 bridgehead atoms. The molecule has 0 aliphatic carbocycles. The summed E-state index contributed by atoms with van der Waals surface area (Å²) in [5, 5.41) is 0. The molecule has 1 atom stereocenters. The molecular weight excluding hydrogens is 216 g/mol. The van der Waals surface area contributed by atoms with E-state index in [1.54, 1.807) is 0 Å². The van der Waals surface area contributed by atoms with E-state index in [0.29, 0.717) is 6.42 Å². The lowest BCUT2D eigenvalue weighted by Gasteiger charge is -2.07. The Kier molecular flexibility index (Phi) is 3.67. The minimum absolute atomic E-state index is 0.0885. The standard InChI is InChI=1S/C13H14N2O2/c14-11(12(16)13-15-8-9-17-13)7-6-10-4-2-1-3-5-10/h1-5,8-9,11H,6-7,14H2/t11-/m0/s1. The first-order valence-electron chi connectivity index (χ1n) is 5.50. The van der Waals surface area contributed by atoms with Gasteiger partial charge in [-0.05, 0) is 18.4 Å². The van der Waals surface area contributed by atoms with Gasteiger partial charge in [-0.25, -0.2) is 4.98 Å². The first kappa shape index (κ1) is 11.5. The maximum atomic E-state index is 11.7. The summed E-state index contributed by atoms with van der Waals surface area (Å²) in [4.78, 5) is 15.5. The van der Waals surface area contributed by atoms with E-state index in [9.17, 15) is 4.79 Å². The fraction of sp³-hybridized carbons (Fsp3) is 0.231. The second-order valence-electron chi connectivity index (χ2n) is 3.83. The summed E-state index contributed by atoms with van der Waals surface area (Å²) in [6.45, 7) is 0. The number of ketones is 1. The second-order valence-corrected chi connectivity index (χ2v) is 3.83. The van der Waals surface area contributed by atoms with Crippen molar-refractivity contribution in [2.45, 2.75) is 18.9 Å². The van der Waals surface area contributed by atoms with Gasteiger partial charge < -0.3 is 10.2 Å². The molecule has 88 valence electrons. The van der Waals surface area contributed by atoms with Crippen LogP contribution in [0.3, 0.4) is 0 Å². The molecular formula is C13H14N2O2. The highest BCUT2D eigenvalue weighted by Gasteiger charge is 2.19. The number of nitrogens with zero attached hydrogens (tertiary/aromatic N) is 1. The van der Waals surface area contributed by atoms with E-state index in [0.717, 1.165) is 6.42 Å². The lowest BCUT2D eigenvalue weighted by molar-refractivity contribution is 0.0923. The molecule has 1 heterocycles. The van der Waals surface area contributed by atoms with Crippen LogP contribution in [0.25, 0.3) is 0 Å². The predicted octanol–water partition coefficient (Wildman–Crippen LogP) is 1.82. The van der Waals surface area contributed by atoms with Gasteiger partial charge in [0.25, 0.3) is 5.89 Å². The normalized spacial score (nSPS) is 12.3. The van der Waals surface area contributed by atoms with Crippen LogP contribution in [0.4, 0.5) is 0 Å². The van der Waals surface area contributed by atoms with E-state index in [2.05, 4.69) is 4.98 Å². The van der Waals surface area contributed by atoms with Crippen molar-refractivity contribution in [1.29, 1.82) is 0 Å². The van der Waals surface area contributed by atoms with Gasteiger partial charge in [0, 0.05) is 0 Å². The van der Waals surface area contributed by atoms with Crippen LogP contribution >= 0.6 is 0 Å². The maximum absolute atomic E-state index is 11.7. The summed E-state index contributed by atoms with van der Waals surface area (Å²) < 4.78 is 4.93. The van der Waals surface area contributed by atoms with E-state index < -0.39 is 6.04 Å². The molecule has 4 nitrogen and oxygen atoms in total. The van der Waals surface area contributed by atoms with Crippen LogP contribution < -0.4 is 5.73 Å². The third-order valence-electron chi connectivity index (χ3n) is 2.57. The van der Waals surface area contributed by atoms with Crippen molar-refractivity contribution in [3.8, 4) is 0 Å². The number of carbonyl (C=O) groups excluding carboxylic acids is 1. The Bertz CT molecular complexity index is 465. The van der Waals surface area contributed by atoms with E-state index in [-0.39, 0.29) is 11.7 Å². The number of aromatic nitrogens is 1. The molecule has 17 heavy (non-hydrogen) atoms. The van der Waals surface area contributed by atoms with Crippen LogP contribution in [-0.2, 0) is 6.42 Å². The zero-order valence-electron chi connectivity index (χ0n) is 9.37. The van der Waals surface area contributed by atoms with E-state index in [4.69, 9.17) is 10.2 Å². The van der Waals surface area contributed by atoms with Gasteiger partial charge in [0.05, 0.1) is 12.2 Å². The molecule has 2 rings (SSSR count). The van der Waals surface area contributed by atoms with Crippen molar-refractivity contribution < 1.29 is 9.21 Å². The van der Waals surface area contributed by atoms with Gasteiger partial charge in [-0.1, -0.05) is 30.3 Å². The fourth-order valence-electron chi connectivity index (χ4n) is 1.60. The smallest absolute Gasteiger partial charge is 0.264 e. The average Bonchev–Trinajstić information content (AvgIpc) is 2.90. The molecule has 2 aromatic rings. The number of hydrogen-bond donors (Lipinski definition) is 1. The molecule has 0 unspecified atom stereocenters. The molecule has 0 amide bonds. The van der Waals surface area contributed by atoms with Crippen molar-refractivity contribution in [2.75, 3.05) is 0 Å². The van der Waals surface area contributed by atoms with Crippen molar-refractivity contribution in [2.24, 2.45) is 5.73 Å². The highest BCUT2D eigenvalue weighted by atomic mass is 16.3. The number of carbonyl (C=O) groups is 1. The number of hydrogen-bond acceptors (Lipinski definition) is 4. The molecule has 2 N–H and O–H groups in total. The van der Waals surface area contributed by atoms with Crippen molar-refractivity contribution >= 4 is 5.78 Å². The lowest BCUT2D eigenvalue weighted by atomic mass is 10.0. The number of nitrogens with two attached hydrogens (primary N) is 1. The van der Waals surface area contributed by atoms with Gasteiger partial charge in [-0.15, -0.1) is 0 Å². The summed E-state index contributed by atoms with van der Waals surface area (Å²) in [7, 11) is 0. The van der Waals surface area contributed by atoms with E-state index in [1.165, 1.54) is 18.0 Å². The van der Waals surface area contributed by atoms with Gasteiger partial charge in [-0.3, -0.25) is 4.79 Å². The van der Waals surface area contributed by atoms with Crippen molar-refractivity contribution in [3.63, 3.8) is 0 Å². The van der Waals surface area contributed by atoms with Crippen LogP contribution in [0.15, 0.2) is 47.2 Å². The van der Waals surface area contributed by atoms with Crippen LogP contribution in [0.5, 0.6) is 0 Å². The molecule has 0 spiro atoms. The second kappa shape index (κ2) is 5.41. The molecule has 1 aromatic heterocycles. The van der Waals surface area contributed by atoms with Crippen LogP contribution in [0.2, 0.25) is 0 Å². The minimum Gasteiger partial charge on any atom is -0.442 e. The van der Waals surface area contributed by atoms with Gasteiger partial charge in [0.2, 0.25) is 5.78 Å². The molecule has 0 aliphatic rings. The zero-order chi connectivity index (χ0) is 12.1. The Morgan fingerprint density at radius 3 is 2.76 bits per heavy atom. The Labute approximate surface area is 99.5 Å². The van der Waals surface area contributed by atoms with E-state index >= 15 is 0 Å². The molecule has 0 saturated heterocycles. The third-order valence-corrected chi connectivity index (χ3v) is 2.57. The molecule has 4 heteroatoms. The number of oxazole rings is 1. The highest BCUT2D eigenvalue weighted by Crippen LogP contribution is 2.07. The number of rotatable bonds is 5. The topological polar surface area (TPSA) is 69.1 Å². The number of Topliss-reactive ketones (excluding diaryl/α,β-unsaturated/α-hetero) is 1. The van der Waals surface area contributed by atoms with Gasteiger partial charge in [0.15, 0.2) is 0 Å². The summed E-state index contributed by atoms with van der Waals surface area (Å²) in [6, 6.07) is 9.37. The van der Waals surface area contributed by atoms with Crippen LogP contribution in [0, 0.1) is 0 Å². The fourth-order valence-corrected chi connectivity index (χ4v) is 1.60. The lowest BCUT2D eigenvalue weighted by Crippen LogP contribution is -2.31. The van der Waals surface area contributed by atoms with E-state index in [1.807, 2.05) is 30.3 Å². The van der Waals surface area contributed by atoms with Gasteiger partial charge >= 0.3 is 0 Å². The first-order chi connectivity index (χ1) is 8.27. The summed E-state index contributed by atoms with van der Waals surface area (Å²) in [5.74, 6) is -0.156. The Morgan fingerprint density at radius 1 is 1.35 bits per heavy atom. The highest BCUT2D eigenvalue weighted by molar-refractivity contribution is 5.95. The molecule has 0 fully saturated rings. The number of aryl methyl sites for hydroxylation is 1. The van der Waals surface area contributed by atoms with Crippen LogP contribution in [-0.4, -0.2) is 16.8 Å². The molecule has 0 aliphatic heterocycles. The number of benzene rings is 1. The first-order valence-corrected chi connectivity index (χ1v) is 5.50. The zero-order valence-corrected chi connectivity index (χ0v) is 9.37. The average molecular weight is 230 g/mol. The van der Waals surface area contributed by atoms with Gasteiger partial charge in [0.1, 0.15) is 6.26 Å². The predicted molar refractivity (Wildman–Crippen MR) is 63.6 cm³/mol. The summed E-state index contributed by atoms with van der Waals surface area (Å²) in [6.07, 6.45) is 4.17. The Balaban J connectivity index is 1.90. The molecule has 1 aromatic carbocycles. The minimum atomic E-state index is -0.561. The SMILES string of the molecule is N[C@@H](CCc1ccccc1)C(=O)c1ncco1. The molecule has 0 saturated carbocycles. The van der Waals surface area contributed by atoms with Crippen LogP contribution in [0.1, 0.15) is 22.7 Å². The third kappa shape index (κ3) is 3.01. The Hall–Kier alpha value is -1.94. The molecule has 0 radical (unpaired) electrons.